The van der Waals surface area contributed by atoms with Gasteiger partial charge in [-0.2, -0.15) is 0 Å². The summed E-state index contributed by atoms with van der Waals surface area (Å²) in [4.78, 5) is 31.3. The van der Waals surface area contributed by atoms with E-state index in [0.717, 1.165) is 14.2 Å². The SMILES string of the molecule is COC(NC(=O)C(=O)O)(OC)C(=O)O. The second-order valence-electron chi connectivity index (χ2n) is 2.09. The van der Waals surface area contributed by atoms with Crippen molar-refractivity contribution in [3.8, 4) is 0 Å². The number of carbonyl (C=O) groups is 3. The molecule has 14 heavy (non-hydrogen) atoms. The molecule has 8 nitrogen and oxygen atoms in total. The highest BCUT2D eigenvalue weighted by atomic mass is 16.7. The number of hydrogen-bond donors (Lipinski definition) is 3. The van der Waals surface area contributed by atoms with E-state index in [1.165, 1.54) is 0 Å². The third-order valence-electron chi connectivity index (χ3n) is 1.33. The molecular weight excluding hydrogens is 198 g/mol. The van der Waals surface area contributed by atoms with E-state index in [1.54, 1.807) is 5.32 Å². The molecule has 0 radical (unpaired) electrons. The summed E-state index contributed by atoms with van der Waals surface area (Å²) in [6.45, 7) is 0. The number of nitrogens with one attached hydrogen (secondary N) is 1. The monoisotopic (exact) mass is 207 g/mol. The molecule has 0 aliphatic heterocycles. The van der Waals surface area contributed by atoms with Gasteiger partial charge in [0.15, 0.2) is 0 Å². The van der Waals surface area contributed by atoms with Gasteiger partial charge in [0.25, 0.3) is 0 Å². The molecule has 3 N–H and O–H groups in total. The Morgan fingerprint density at radius 1 is 1.14 bits per heavy atom. The van der Waals surface area contributed by atoms with Gasteiger partial charge < -0.3 is 19.7 Å². The van der Waals surface area contributed by atoms with Crippen LogP contribution in [0.1, 0.15) is 0 Å². The molecule has 0 unspecified atom stereocenters. The van der Waals surface area contributed by atoms with Crippen LogP contribution in [0.3, 0.4) is 0 Å². The van der Waals surface area contributed by atoms with Crippen molar-refractivity contribution in [3.63, 3.8) is 0 Å². The Morgan fingerprint density at radius 2 is 1.57 bits per heavy atom. The van der Waals surface area contributed by atoms with Gasteiger partial charge in [-0.25, -0.2) is 9.59 Å². The number of carboxylic acids is 2. The maximum atomic E-state index is 10.6. The molecule has 0 saturated heterocycles. The smallest absolute Gasteiger partial charge is 0.394 e. The predicted octanol–water partition coefficient (Wildman–Crippen LogP) is -1.78. The van der Waals surface area contributed by atoms with Gasteiger partial charge in [-0.05, 0) is 0 Å². The normalized spacial score (nSPS) is 10.7. The van der Waals surface area contributed by atoms with Crippen LogP contribution in [0.2, 0.25) is 0 Å². The number of rotatable bonds is 4. The highest BCUT2D eigenvalue weighted by Crippen LogP contribution is 2.06. The van der Waals surface area contributed by atoms with Crippen LogP contribution in [-0.4, -0.2) is 48.2 Å². The molecule has 80 valence electrons. The summed E-state index contributed by atoms with van der Waals surface area (Å²) >= 11 is 0. The highest BCUT2D eigenvalue weighted by Gasteiger charge is 2.42. The van der Waals surface area contributed by atoms with E-state index in [9.17, 15) is 14.4 Å². The van der Waals surface area contributed by atoms with Crippen LogP contribution in [-0.2, 0) is 23.9 Å². The summed E-state index contributed by atoms with van der Waals surface area (Å²) in [5.74, 6) is -7.53. The average Bonchev–Trinajstić information content (AvgIpc) is 2.13. The lowest BCUT2D eigenvalue weighted by atomic mass is 10.4. The van der Waals surface area contributed by atoms with Gasteiger partial charge in [0.2, 0.25) is 0 Å². The lowest BCUT2D eigenvalue weighted by molar-refractivity contribution is -0.237. The number of amides is 1. The van der Waals surface area contributed by atoms with Crippen molar-refractivity contribution < 1.29 is 34.1 Å². The molecule has 0 atom stereocenters. The van der Waals surface area contributed by atoms with Gasteiger partial charge in [0.05, 0.1) is 0 Å². The van der Waals surface area contributed by atoms with E-state index >= 15 is 0 Å². The van der Waals surface area contributed by atoms with Crippen molar-refractivity contribution in [2.75, 3.05) is 14.2 Å². The van der Waals surface area contributed by atoms with E-state index in [4.69, 9.17) is 10.2 Å². The average molecular weight is 207 g/mol. The van der Waals surface area contributed by atoms with Crippen LogP contribution in [0, 0.1) is 0 Å². The Kier molecular flexibility index (Phi) is 3.99. The summed E-state index contributed by atoms with van der Waals surface area (Å²) in [5, 5.41) is 18.3. The quantitative estimate of drug-likeness (QED) is 0.367. The summed E-state index contributed by atoms with van der Waals surface area (Å²) in [6, 6.07) is 0. The lowest BCUT2D eigenvalue weighted by Crippen LogP contribution is -2.58. The zero-order chi connectivity index (χ0) is 11.4. The van der Waals surface area contributed by atoms with Crippen molar-refractivity contribution in [2.45, 2.75) is 5.91 Å². The van der Waals surface area contributed by atoms with E-state index in [0.29, 0.717) is 0 Å². The second kappa shape index (κ2) is 4.53. The van der Waals surface area contributed by atoms with Crippen LogP contribution in [0.5, 0.6) is 0 Å². The van der Waals surface area contributed by atoms with Gasteiger partial charge in [-0.15, -0.1) is 0 Å². The maximum absolute atomic E-state index is 10.6. The Hall–Kier alpha value is -1.67. The van der Waals surface area contributed by atoms with E-state index in [1.807, 2.05) is 0 Å². The van der Waals surface area contributed by atoms with Crippen molar-refractivity contribution >= 4 is 17.8 Å². The molecule has 0 aromatic heterocycles. The van der Waals surface area contributed by atoms with Crippen molar-refractivity contribution in [1.29, 1.82) is 0 Å². The number of methoxy groups -OCH3 is 2. The minimum atomic E-state index is -2.48. The Labute approximate surface area is 78.4 Å². The standard InChI is InChI=1S/C6H9NO7/c1-13-6(14-2,5(11)12)7-3(8)4(9)10/h1-2H3,(H,7,8)(H,9,10)(H,11,12). The molecule has 0 fully saturated rings. The first-order valence-electron chi connectivity index (χ1n) is 3.28. The fraction of sp³-hybridized carbons (Fsp3) is 0.500. The number of ether oxygens (including phenoxy) is 2. The number of carboxylic acid groups (broad SMARTS) is 2. The predicted molar refractivity (Wildman–Crippen MR) is 40.2 cm³/mol. The van der Waals surface area contributed by atoms with Crippen LogP contribution in [0.25, 0.3) is 0 Å². The lowest BCUT2D eigenvalue weighted by Gasteiger charge is -2.25. The van der Waals surface area contributed by atoms with E-state index in [2.05, 4.69) is 9.47 Å². The highest BCUT2D eigenvalue weighted by molar-refractivity contribution is 6.32. The first kappa shape index (κ1) is 12.3. The van der Waals surface area contributed by atoms with Crippen molar-refractivity contribution in [1.82, 2.24) is 5.32 Å². The van der Waals surface area contributed by atoms with Crippen LogP contribution < -0.4 is 5.32 Å². The molecule has 0 rings (SSSR count). The topological polar surface area (TPSA) is 122 Å². The Morgan fingerprint density at radius 3 is 1.79 bits per heavy atom. The molecule has 0 aromatic rings. The zero-order valence-corrected chi connectivity index (χ0v) is 7.44. The summed E-state index contributed by atoms with van der Waals surface area (Å²) in [7, 11) is 1.89. The van der Waals surface area contributed by atoms with Gasteiger partial charge in [-0.3, -0.25) is 10.1 Å². The Balaban J connectivity index is 4.76. The molecule has 0 heterocycles. The summed E-state index contributed by atoms with van der Waals surface area (Å²) in [6.07, 6.45) is 0. The first-order valence-corrected chi connectivity index (χ1v) is 3.28. The molecule has 0 saturated carbocycles. The molecule has 8 heteroatoms. The van der Waals surface area contributed by atoms with Gasteiger partial charge in [0.1, 0.15) is 0 Å². The summed E-state index contributed by atoms with van der Waals surface area (Å²) in [5.41, 5.74) is 0. The van der Waals surface area contributed by atoms with E-state index < -0.39 is 23.8 Å². The molecule has 0 aromatic carbocycles. The van der Waals surface area contributed by atoms with Gasteiger partial charge in [-0.1, -0.05) is 0 Å². The number of aliphatic carboxylic acids is 2. The number of carbonyl (C=O) groups excluding carboxylic acids is 1. The van der Waals surface area contributed by atoms with Crippen molar-refractivity contribution in [2.24, 2.45) is 0 Å². The van der Waals surface area contributed by atoms with Crippen molar-refractivity contribution in [3.05, 3.63) is 0 Å². The minimum Gasteiger partial charge on any atom is -0.476 e. The Bertz CT molecular complexity index is 257. The largest absolute Gasteiger partial charge is 0.476 e. The summed E-state index contributed by atoms with van der Waals surface area (Å²) < 4.78 is 8.70. The third-order valence-corrected chi connectivity index (χ3v) is 1.33. The second-order valence-corrected chi connectivity index (χ2v) is 2.09. The fourth-order valence-electron chi connectivity index (χ4n) is 0.616. The molecule has 0 aliphatic carbocycles. The fourth-order valence-corrected chi connectivity index (χ4v) is 0.616. The van der Waals surface area contributed by atoms with Crippen LogP contribution >= 0.6 is 0 Å². The molecular formula is C6H9NO7. The zero-order valence-electron chi connectivity index (χ0n) is 7.44. The minimum absolute atomic E-state index is 0.944. The molecule has 1 amide bonds. The van der Waals surface area contributed by atoms with Crippen LogP contribution in [0.15, 0.2) is 0 Å². The van der Waals surface area contributed by atoms with Gasteiger partial charge in [0, 0.05) is 14.2 Å². The molecule has 0 spiro atoms. The number of hydrogen-bond acceptors (Lipinski definition) is 5. The first-order chi connectivity index (χ1) is 6.39. The third kappa shape index (κ3) is 2.41. The van der Waals surface area contributed by atoms with Gasteiger partial charge >= 0.3 is 23.8 Å². The maximum Gasteiger partial charge on any atom is 0.394 e. The van der Waals surface area contributed by atoms with E-state index in [-0.39, 0.29) is 0 Å². The van der Waals surface area contributed by atoms with Crippen LogP contribution in [0.4, 0.5) is 0 Å². The molecule has 0 bridgehead atoms. The molecule has 0 aliphatic rings.